The molecular weight excluding hydrogens is 240 g/mol. The van der Waals surface area contributed by atoms with E-state index in [1.807, 2.05) is 10.8 Å². The van der Waals surface area contributed by atoms with Crippen molar-refractivity contribution < 1.29 is 4.79 Å². The molecule has 1 heterocycles. The molecule has 1 amide bonds. The molecule has 1 unspecified atom stereocenters. The van der Waals surface area contributed by atoms with Gasteiger partial charge in [-0.1, -0.05) is 20.8 Å². The Kier molecular flexibility index (Phi) is 4.24. The molecular formula is C14H24N4O. The van der Waals surface area contributed by atoms with Crippen LogP contribution in [0.5, 0.6) is 0 Å². The highest BCUT2D eigenvalue weighted by molar-refractivity contribution is 5.78. The molecule has 1 aliphatic rings. The summed E-state index contributed by atoms with van der Waals surface area (Å²) in [6.07, 6.45) is 7.87. The van der Waals surface area contributed by atoms with Crippen LogP contribution in [0.4, 0.5) is 0 Å². The molecule has 0 aromatic carbocycles. The lowest BCUT2D eigenvalue weighted by atomic mass is 9.86. The largest absolute Gasteiger partial charge is 0.350 e. The van der Waals surface area contributed by atoms with Gasteiger partial charge in [0.05, 0.1) is 18.9 Å². The first-order valence-corrected chi connectivity index (χ1v) is 6.93. The third kappa shape index (κ3) is 4.67. The van der Waals surface area contributed by atoms with E-state index in [-0.39, 0.29) is 17.4 Å². The molecule has 1 saturated carbocycles. The lowest BCUT2D eigenvalue weighted by Gasteiger charge is -2.31. The van der Waals surface area contributed by atoms with E-state index in [1.165, 1.54) is 12.8 Å². The first kappa shape index (κ1) is 14.1. The fourth-order valence-electron chi connectivity index (χ4n) is 1.91. The van der Waals surface area contributed by atoms with Gasteiger partial charge in [-0.25, -0.2) is 4.98 Å². The summed E-state index contributed by atoms with van der Waals surface area (Å²) >= 11 is 0. The zero-order valence-corrected chi connectivity index (χ0v) is 12.0. The van der Waals surface area contributed by atoms with E-state index in [0.29, 0.717) is 12.6 Å². The summed E-state index contributed by atoms with van der Waals surface area (Å²) < 4.78 is 2.00. The number of imidazole rings is 1. The average Bonchev–Trinajstić information content (AvgIpc) is 3.01. The van der Waals surface area contributed by atoms with Crippen LogP contribution in [-0.4, -0.2) is 34.1 Å². The number of aromatic nitrogens is 2. The van der Waals surface area contributed by atoms with Gasteiger partial charge in [-0.2, -0.15) is 0 Å². The second kappa shape index (κ2) is 5.74. The number of carbonyl (C=O) groups excluding carboxylic acids is 1. The molecule has 1 fully saturated rings. The molecule has 5 heteroatoms. The number of nitrogens with one attached hydrogen (secondary N) is 2. The van der Waals surface area contributed by atoms with E-state index in [1.54, 1.807) is 12.5 Å². The topological polar surface area (TPSA) is 59.0 Å². The van der Waals surface area contributed by atoms with Crippen LogP contribution in [0.3, 0.4) is 0 Å². The third-order valence-electron chi connectivity index (χ3n) is 3.46. The minimum Gasteiger partial charge on any atom is -0.350 e. The van der Waals surface area contributed by atoms with Gasteiger partial charge >= 0.3 is 0 Å². The number of nitrogens with zero attached hydrogens (tertiary/aromatic N) is 2. The molecule has 0 bridgehead atoms. The highest BCUT2D eigenvalue weighted by atomic mass is 16.2. The second-order valence-electron chi connectivity index (χ2n) is 6.40. The van der Waals surface area contributed by atoms with E-state index >= 15 is 0 Å². The quantitative estimate of drug-likeness (QED) is 0.811. The Morgan fingerprint density at radius 2 is 2.21 bits per heavy atom. The highest BCUT2D eigenvalue weighted by Crippen LogP contribution is 2.21. The molecule has 0 saturated heterocycles. The lowest BCUT2D eigenvalue weighted by molar-refractivity contribution is -0.121. The lowest BCUT2D eigenvalue weighted by Crippen LogP contribution is -2.49. The standard InChI is InChI=1S/C14H24N4O/c1-14(2,3)12(9-18-7-6-15-10-18)17-13(19)8-16-11-4-5-11/h6-7,10-12,16H,4-5,8-9H2,1-3H3,(H,17,19). The normalized spacial score (nSPS) is 17.2. The van der Waals surface area contributed by atoms with Crippen molar-refractivity contribution in [1.29, 1.82) is 0 Å². The van der Waals surface area contributed by atoms with Gasteiger partial charge in [0.25, 0.3) is 0 Å². The third-order valence-corrected chi connectivity index (χ3v) is 3.46. The Morgan fingerprint density at radius 3 is 2.74 bits per heavy atom. The second-order valence-corrected chi connectivity index (χ2v) is 6.40. The van der Waals surface area contributed by atoms with Crippen molar-refractivity contribution in [3.05, 3.63) is 18.7 Å². The summed E-state index contributed by atoms with van der Waals surface area (Å²) in [6.45, 7) is 7.59. The average molecular weight is 264 g/mol. The van der Waals surface area contributed by atoms with Crippen molar-refractivity contribution in [3.63, 3.8) is 0 Å². The van der Waals surface area contributed by atoms with E-state index in [2.05, 4.69) is 36.4 Å². The van der Waals surface area contributed by atoms with Crippen LogP contribution in [-0.2, 0) is 11.3 Å². The number of hydrogen-bond acceptors (Lipinski definition) is 3. The molecule has 106 valence electrons. The number of hydrogen-bond donors (Lipinski definition) is 2. The van der Waals surface area contributed by atoms with Crippen molar-refractivity contribution in [2.75, 3.05) is 6.54 Å². The van der Waals surface area contributed by atoms with Crippen molar-refractivity contribution >= 4 is 5.91 Å². The van der Waals surface area contributed by atoms with Crippen molar-refractivity contribution in [3.8, 4) is 0 Å². The van der Waals surface area contributed by atoms with Gasteiger partial charge in [0.2, 0.25) is 5.91 Å². The van der Waals surface area contributed by atoms with Gasteiger partial charge in [-0.05, 0) is 18.3 Å². The summed E-state index contributed by atoms with van der Waals surface area (Å²) in [5, 5.41) is 6.37. The summed E-state index contributed by atoms with van der Waals surface area (Å²) in [6, 6.07) is 0.655. The maximum Gasteiger partial charge on any atom is 0.234 e. The van der Waals surface area contributed by atoms with E-state index in [4.69, 9.17) is 0 Å². The van der Waals surface area contributed by atoms with Gasteiger partial charge in [0.1, 0.15) is 0 Å². The molecule has 1 aromatic rings. The van der Waals surface area contributed by atoms with Crippen molar-refractivity contribution in [2.24, 2.45) is 5.41 Å². The molecule has 0 radical (unpaired) electrons. The van der Waals surface area contributed by atoms with Crippen LogP contribution in [0, 0.1) is 5.41 Å². The van der Waals surface area contributed by atoms with Crippen molar-refractivity contribution in [1.82, 2.24) is 20.2 Å². The summed E-state index contributed by atoms with van der Waals surface area (Å²) in [4.78, 5) is 16.0. The molecule has 0 aliphatic heterocycles. The van der Waals surface area contributed by atoms with E-state index in [0.717, 1.165) is 6.54 Å². The van der Waals surface area contributed by atoms with Crippen LogP contribution in [0.1, 0.15) is 33.6 Å². The SMILES string of the molecule is CC(C)(C)C(Cn1ccnc1)NC(=O)CNC1CC1. The van der Waals surface area contributed by atoms with E-state index in [9.17, 15) is 4.79 Å². The number of amides is 1. The summed E-state index contributed by atoms with van der Waals surface area (Å²) in [5.41, 5.74) is 0.0134. The Labute approximate surface area is 114 Å². The summed E-state index contributed by atoms with van der Waals surface area (Å²) in [7, 11) is 0. The van der Waals surface area contributed by atoms with Gasteiger partial charge < -0.3 is 15.2 Å². The van der Waals surface area contributed by atoms with Crippen LogP contribution >= 0.6 is 0 Å². The predicted molar refractivity (Wildman–Crippen MR) is 74.6 cm³/mol. The Bertz CT molecular complexity index is 404. The Morgan fingerprint density at radius 1 is 1.47 bits per heavy atom. The van der Waals surface area contributed by atoms with Crippen molar-refractivity contribution in [2.45, 2.75) is 52.2 Å². The Balaban J connectivity index is 1.87. The zero-order chi connectivity index (χ0) is 13.9. The molecule has 0 spiro atoms. The molecule has 1 aliphatic carbocycles. The predicted octanol–water partition coefficient (Wildman–Crippen LogP) is 1.17. The Hall–Kier alpha value is -1.36. The molecule has 1 atom stereocenters. The molecule has 1 aromatic heterocycles. The fraction of sp³-hybridized carbons (Fsp3) is 0.714. The van der Waals surface area contributed by atoms with E-state index < -0.39 is 0 Å². The monoisotopic (exact) mass is 264 g/mol. The van der Waals surface area contributed by atoms with Crippen LogP contribution in [0.2, 0.25) is 0 Å². The maximum atomic E-state index is 12.0. The van der Waals surface area contributed by atoms with Gasteiger partial charge in [0.15, 0.2) is 0 Å². The van der Waals surface area contributed by atoms with Gasteiger partial charge in [-0.15, -0.1) is 0 Å². The highest BCUT2D eigenvalue weighted by Gasteiger charge is 2.27. The van der Waals surface area contributed by atoms with Crippen LogP contribution in [0.25, 0.3) is 0 Å². The van der Waals surface area contributed by atoms with Gasteiger partial charge in [-0.3, -0.25) is 4.79 Å². The number of carbonyl (C=O) groups is 1. The molecule has 19 heavy (non-hydrogen) atoms. The smallest absolute Gasteiger partial charge is 0.234 e. The molecule has 2 N–H and O–H groups in total. The number of rotatable bonds is 6. The minimum absolute atomic E-state index is 0.0134. The molecule has 2 rings (SSSR count). The molecule has 5 nitrogen and oxygen atoms in total. The van der Waals surface area contributed by atoms with Crippen LogP contribution < -0.4 is 10.6 Å². The van der Waals surface area contributed by atoms with Crippen LogP contribution in [0.15, 0.2) is 18.7 Å². The summed E-state index contributed by atoms with van der Waals surface area (Å²) in [5.74, 6) is 0.0759. The maximum absolute atomic E-state index is 12.0. The zero-order valence-electron chi connectivity index (χ0n) is 12.0. The first-order chi connectivity index (χ1) is 8.95. The minimum atomic E-state index is 0.0134. The van der Waals surface area contributed by atoms with Gasteiger partial charge in [0, 0.05) is 25.0 Å². The fourth-order valence-corrected chi connectivity index (χ4v) is 1.91. The first-order valence-electron chi connectivity index (χ1n) is 6.93.